The van der Waals surface area contributed by atoms with E-state index in [0.717, 1.165) is 37.4 Å². The quantitative estimate of drug-likeness (QED) is 0.600. The average Bonchev–Trinajstić information content (AvgIpc) is 3.20. The van der Waals surface area contributed by atoms with Crippen LogP contribution in [0.2, 0.25) is 0 Å². The Morgan fingerprint density at radius 1 is 1.52 bits per heavy atom. The van der Waals surface area contributed by atoms with Crippen LogP contribution in [-0.2, 0) is 9.59 Å². The van der Waals surface area contributed by atoms with E-state index < -0.39 is 0 Å². The summed E-state index contributed by atoms with van der Waals surface area (Å²) in [4.78, 5) is 31.8. The van der Waals surface area contributed by atoms with E-state index in [1.807, 2.05) is 5.38 Å². The van der Waals surface area contributed by atoms with Gasteiger partial charge in [-0.2, -0.15) is 0 Å². The van der Waals surface area contributed by atoms with E-state index in [4.69, 9.17) is 0 Å². The van der Waals surface area contributed by atoms with Crippen LogP contribution in [-0.4, -0.2) is 66.4 Å². The number of aromatic nitrogens is 1. The molecule has 2 heterocycles. The van der Waals surface area contributed by atoms with Crippen LogP contribution < -0.4 is 5.32 Å². The normalized spacial score (nSPS) is 18.4. The molecule has 23 heavy (non-hydrogen) atoms. The fourth-order valence-corrected chi connectivity index (χ4v) is 3.22. The number of thiazole rings is 1. The number of carbonyl (C=O) groups is 2. The maximum atomic E-state index is 12.1. The van der Waals surface area contributed by atoms with Crippen molar-refractivity contribution >= 4 is 29.2 Å². The number of hydrogen-bond donors (Lipinski definition) is 1. The molecule has 1 atom stereocenters. The SMILES string of the molecule is CN(C)C(=O)[C@H]1CCCN1CCCNC(=O)/C=C\c1nccs1. The molecule has 1 N–H and O–H groups in total. The summed E-state index contributed by atoms with van der Waals surface area (Å²) in [7, 11) is 3.60. The minimum Gasteiger partial charge on any atom is -0.353 e. The number of likely N-dealkylation sites (N-methyl/N-ethyl adjacent to an activating group) is 1. The van der Waals surface area contributed by atoms with Crippen molar-refractivity contribution in [3.8, 4) is 0 Å². The molecule has 1 saturated heterocycles. The third-order valence-electron chi connectivity index (χ3n) is 3.84. The second-order valence-electron chi connectivity index (χ2n) is 5.77. The molecule has 0 unspecified atom stereocenters. The molecule has 7 heteroatoms. The minimum absolute atomic E-state index is 0.00509. The van der Waals surface area contributed by atoms with Gasteiger partial charge in [-0.3, -0.25) is 14.5 Å². The summed E-state index contributed by atoms with van der Waals surface area (Å²) >= 11 is 1.49. The summed E-state index contributed by atoms with van der Waals surface area (Å²) in [6.07, 6.45) is 7.77. The van der Waals surface area contributed by atoms with Gasteiger partial charge in [0.15, 0.2) is 0 Å². The molecule has 0 bridgehead atoms. The molecular weight excluding hydrogens is 312 g/mol. The fourth-order valence-electron chi connectivity index (χ4n) is 2.69. The number of nitrogens with zero attached hydrogens (tertiary/aromatic N) is 3. The first-order valence-corrected chi connectivity index (χ1v) is 8.76. The van der Waals surface area contributed by atoms with Crippen LogP contribution in [0.3, 0.4) is 0 Å². The zero-order valence-corrected chi connectivity index (χ0v) is 14.5. The van der Waals surface area contributed by atoms with E-state index in [-0.39, 0.29) is 17.9 Å². The van der Waals surface area contributed by atoms with Crippen LogP contribution in [0.25, 0.3) is 6.08 Å². The number of hydrogen-bond acceptors (Lipinski definition) is 5. The van der Waals surface area contributed by atoms with Gasteiger partial charge in [0, 0.05) is 44.8 Å². The third kappa shape index (κ3) is 5.44. The molecule has 1 aromatic heterocycles. The van der Waals surface area contributed by atoms with Gasteiger partial charge in [-0.1, -0.05) is 0 Å². The predicted molar refractivity (Wildman–Crippen MR) is 92.1 cm³/mol. The summed E-state index contributed by atoms with van der Waals surface area (Å²) in [5.41, 5.74) is 0. The predicted octanol–water partition coefficient (Wildman–Crippen LogP) is 1.22. The second kappa shape index (κ2) is 8.79. The highest BCUT2D eigenvalue weighted by atomic mass is 32.1. The highest BCUT2D eigenvalue weighted by Crippen LogP contribution is 2.18. The van der Waals surface area contributed by atoms with Gasteiger partial charge < -0.3 is 10.2 Å². The van der Waals surface area contributed by atoms with Gasteiger partial charge in [0.2, 0.25) is 11.8 Å². The van der Waals surface area contributed by atoms with Crippen molar-refractivity contribution in [2.75, 3.05) is 33.7 Å². The monoisotopic (exact) mass is 336 g/mol. The minimum atomic E-state index is -0.109. The van der Waals surface area contributed by atoms with E-state index in [9.17, 15) is 9.59 Å². The summed E-state index contributed by atoms with van der Waals surface area (Å²) in [6.45, 7) is 2.41. The lowest BCUT2D eigenvalue weighted by molar-refractivity contribution is -0.133. The summed E-state index contributed by atoms with van der Waals surface area (Å²) in [6, 6.07) is 0.00509. The molecule has 2 amide bonds. The molecule has 1 aromatic rings. The van der Waals surface area contributed by atoms with E-state index in [1.165, 1.54) is 17.4 Å². The Labute approximate surface area is 141 Å². The zero-order chi connectivity index (χ0) is 16.7. The molecule has 126 valence electrons. The van der Waals surface area contributed by atoms with Gasteiger partial charge in [-0.15, -0.1) is 11.3 Å². The fraction of sp³-hybridized carbons (Fsp3) is 0.562. The van der Waals surface area contributed by atoms with Gasteiger partial charge in [0.25, 0.3) is 0 Å². The van der Waals surface area contributed by atoms with Crippen molar-refractivity contribution < 1.29 is 9.59 Å². The summed E-state index contributed by atoms with van der Waals surface area (Å²) in [5.74, 6) is 0.0699. The Balaban J connectivity index is 1.66. The number of rotatable bonds is 7. The van der Waals surface area contributed by atoms with Crippen LogP contribution >= 0.6 is 11.3 Å². The van der Waals surface area contributed by atoms with Gasteiger partial charge in [-0.25, -0.2) is 4.98 Å². The molecular formula is C16H24N4O2S. The Morgan fingerprint density at radius 2 is 2.35 bits per heavy atom. The van der Waals surface area contributed by atoms with Gasteiger partial charge >= 0.3 is 0 Å². The maximum absolute atomic E-state index is 12.1. The number of carbonyl (C=O) groups excluding carboxylic acids is 2. The van der Waals surface area contributed by atoms with Crippen LogP contribution in [0.15, 0.2) is 17.7 Å². The molecule has 1 aliphatic heterocycles. The van der Waals surface area contributed by atoms with Crippen LogP contribution in [0, 0.1) is 0 Å². The Morgan fingerprint density at radius 3 is 3.04 bits per heavy atom. The Hall–Kier alpha value is -1.73. The van der Waals surface area contributed by atoms with Gasteiger partial charge in [0.05, 0.1) is 6.04 Å². The molecule has 1 fully saturated rings. The van der Waals surface area contributed by atoms with Gasteiger partial charge in [0.1, 0.15) is 5.01 Å². The highest BCUT2D eigenvalue weighted by Gasteiger charge is 2.30. The lowest BCUT2D eigenvalue weighted by atomic mass is 10.2. The number of amides is 2. The van der Waals surface area contributed by atoms with Crippen molar-refractivity contribution in [3.63, 3.8) is 0 Å². The lowest BCUT2D eigenvalue weighted by Gasteiger charge is -2.25. The van der Waals surface area contributed by atoms with E-state index in [0.29, 0.717) is 6.54 Å². The molecule has 1 aliphatic rings. The van der Waals surface area contributed by atoms with Crippen molar-refractivity contribution in [3.05, 3.63) is 22.7 Å². The topological polar surface area (TPSA) is 65.5 Å². The summed E-state index contributed by atoms with van der Waals surface area (Å²) in [5, 5.41) is 5.56. The Bertz CT molecular complexity index is 542. The van der Waals surface area contributed by atoms with Crippen LogP contribution in [0.1, 0.15) is 24.3 Å². The number of nitrogens with one attached hydrogen (secondary N) is 1. The summed E-state index contributed by atoms with van der Waals surface area (Å²) < 4.78 is 0. The largest absolute Gasteiger partial charge is 0.353 e. The number of likely N-dealkylation sites (tertiary alicyclic amines) is 1. The first-order valence-electron chi connectivity index (χ1n) is 7.88. The van der Waals surface area contributed by atoms with Crippen molar-refractivity contribution in [1.29, 1.82) is 0 Å². The van der Waals surface area contributed by atoms with Gasteiger partial charge in [-0.05, 0) is 31.9 Å². The molecule has 0 spiro atoms. The van der Waals surface area contributed by atoms with E-state index in [1.54, 1.807) is 31.3 Å². The lowest BCUT2D eigenvalue weighted by Crippen LogP contribution is -2.43. The molecule has 0 saturated carbocycles. The highest BCUT2D eigenvalue weighted by molar-refractivity contribution is 7.10. The standard InChI is InChI=1S/C16H24N4O2S/c1-19(2)16(22)13-5-3-10-20(13)11-4-8-17-14(21)6-7-15-18-9-12-23-15/h6-7,9,12-13H,3-5,8,10-11H2,1-2H3,(H,17,21)/b7-6-/t13-/m1/s1. The molecule has 0 aromatic carbocycles. The van der Waals surface area contributed by atoms with Crippen molar-refractivity contribution in [2.24, 2.45) is 0 Å². The Kier molecular flexibility index (Phi) is 6.73. The second-order valence-corrected chi connectivity index (χ2v) is 6.70. The third-order valence-corrected chi connectivity index (χ3v) is 4.58. The van der Waals surface area contributed by atoms with Crippen LogP contribution in [0.5, 0.6) is 0 Å². The van der Waals surface area contributed by atoms with Crippen molar-refractivity contribution in [2.45, 2.75) is 25.3 Å². The average molecular weight is 336 g/mol. The molecule has 2 rings (SSSR count). The first kappa shape index (κ1) is 17.6. The first-order chi connectivity index (χ1) is 11.1. The molecule has 0 radical (unpaired) electrons. The van der Waals surface area contributed by atoms with E-state index >= 15 is 0 Å². The van der Waals surface area contributed by atoms with Crippen LogP contribution in [0.4, 0.5) is 0 Å². The molecule has 0 aliphatic carbocycles. The van der Waals surface area contributed by atoms with E-state index in [2.05, 4.69) is 15.2 Å². The van der Waals surface area contributed by atoms with Crippen molar-refractivity contribution in [1.82, 2.24) is 20.1 Å². The maximum Gasteiger partial charge on any atom is 0.244 e. The zero-order valence-electron chi connectivity index (χ0n) is 13.7. The molecule has 6 nitrogen and oxygen atoms in total. The smallest absolute Gasteiger partial charge is 0.244 e.